The Morgan fingerprint density at radius 1 is 0.971 bits per heavy atom. The molecule has 3 rings (SSSR count). The van der Waals surface area contributed by atoms with Crippen LogP contribution in [0.1, 0.15) is 67.7 Å². The van der Waals surface area contributed by atoms with E-state index in [4.69, 9.17) is 18.9 Å². The van der Waals surface area contributed by atoms with Crippen LogP contribution in [-0.2, 0) is 28.8 Å². The van der Waals surface area contributed by atoms with Crippen LogP contribution in [0, 0.1) is 17.8 Å². The summed E-state index contributed by atoms with van der Waals surface area (Å²) in [6.07, 6.45) is 0.270. The van der Waals surface area contributed by atoms with Crippen LogP contribution in [0.25, 0.3) is 0 Å². The van der Waals surface area contributed by atoms with Gasteiger partial charge in [0.15, 0.2) is 21.4 Å². The molecule has 7 atom stereocenters. The van der Waals surface area contributed by atoms with Gasteiger partial charge < -0.3 is 24.1 Å². The van der Waals surface area contributed by atoms with E-state index < -0.39 is 32.8 Å². The van der Waals surface area contributed by atoms with Gasteiger partial charge in [-0.25, -0.2) is 8.42 Å². The fourth-order valence-corrected chi connectivity index (χ4v) is 7.31. The Kier molecular flexibility index (Phi) is 9.09. The number of aliphatic hydroxyl groups is 1. The first-order chi connectivity index (χ1) is 16.2. The molecule has 8 heteroatoms. The fraction of sp³-hybridized carbons (Fsp3) is 0.778. The molecule has 0 bridgehead atoms. The first kappa shape index (κ1) is 28.5. The van der Waals surface area contributed by atoms with Crippen molar-refractivity contribution in [2.24, 2.45) is 17.8 Å². The van der Waals surface area contributed by atoms with Crippen molar-refractivity contribution in [3.05, 3.63) is 30.3 Å². The highest BCUT2D eigenvalue weighted by molar-refractivity contribution is 7.92. The maximum Gasteiger partial charge on any atom is 0.181 e. The third kappa shape index (κ3) is 7.27. The van der Waals surface area contributed by atoms with Gasteiger partial charge in [0, 0.05) is 11.8 Å². The third-order valence-electron chi connectivity index (χ3n) is 7.37. The molecule has 2 heterocycles. The van der Waals surface area contributed by atoms with Crippen molar-refractivity contribution in [1.82, 2.24) is 0 Å². The number of ether oxygens (including phenoxy) is 4. The monoisotopic (exact) mass is 512 g/mol. The molecule has 0 aliphatic carbocycles. The van der Waals surface area contributed by atoms with E-state index in [0.717, 1.165) is 6.42 Å². The molecule has 0 saturated carbocycles. The van der Waals surface area contributed by atoms with Crippen LogP contribution < -0.4 is 0 Å². The zero-order valence-electron chi connectivity index (χ0n) is 22.3. The van der Waals surface area contributed by atoms with Crippen molar-refractivity contribution in [1.29, 1.82) is 0 Å². The number of benzene rings is 1. The van der Waals surface area contributed by atoms with Crippen LogP contribution in [-0.4, -0.2) is 61.9 Å². The lowest BCUT2D eigenvalue weighted by molar-refractivity contribution is -0.299. The standard InChI is InChI=1S/C27H44O7S/c1-18(25-19(2)16-31-27(6,7)34-25)13-14-21(28)15-24(20(3)23-17-32-26(4,5)33-23)35(29,30)22-11-9-8-10-12-22/h8-12,18-21,23-25,28H,13-17H2,1-7H3/t18-,19+,20-,21?,23-,24?,25+/m0/s1. The maximum absolute atomic E-state index is 13.7. The van der Waals surface area contributed by atoms with E-state index in [1.807, 2.05) is 34.6 Å². The molecule has 1 N–H and O–H groups in total. The van der Waals surface area contributed by atoms with Gasteiger partial charge in [0.05, 0.1) is 41.7 Å². The Morgan fingerprint density at radius 3 is 2.17 bits per heavy atom. The topological polar surface area (TPSA) is 91.3 Å². The summed E-state index contributed by atoms with van der Waals surface area (Å²) in [5.74, 6) is -1.26. The Morgan fingerprint density at radius 2 is 1.57 bits per heavy atom. The van der Waals surface area contributed by atoms with Gasteiger partial charge in [-0.2, -0.15) is 0 Å². The maximum atomic E-state index is 13.7. The molecule has 1 aromatic rings. The Labute approximate surface area is 211 Å². The fourth-order valence-electron chi connectivity index (χ4n) is 5.21. The second-order valence-corrected chi connectivity index (χ2v) is 13.5. The van der Waals surface area contributed by atoms with Gasteiger partial charge in [-0.1, -0.05) is 39.0 Å². The molecule has 200 valence electrons. The van der Waals surface area contributed by atoms with E-state index in [0.29, 0.717) is 19.6 Å². The normalized spacial score (nSPS) is 29.9. The summed E-state index contributed by atoms with van der Waals surface area (Å²) >= 11 is 0. The molecule has 0 spiro atoms. The number of hydrogen-bond acceptors (Lipinski definition) is 7. The molecule has 35 heavy (non-hydrogen) atoms. The molecule has 0 amide bonds. The number of hydrogen-bond donors (Lipinski definition) is 1. The summed E-state index contributed by atoms with van der Waals surface area (Å²) in [5, 5.41) is 10.2. The van der Waals surface area contributed by atoms with Gasteiger partial charge in [-0.3, -0.25) is 0 Å². The Hall–Kier alpha value is -1.03. The molecular formula is C27H44O7S. The summed E-state index contributed by atoms with van der Waals surface area (Å²) in [6.45, 7) is 14.6. The highest BCUT2D eigenvalue weighted by Crippen LogP contribution is 2.36. The van der Waals surface area contributed by atoms with Gasteiger partial charge in [0.25, 0.3) is 0 Å². The van der Waals surface area contributed by atoms with Crippen molar-refractivity contribution in [3.8, 4) is 0 Å². The molecule has 7 nitrogen and oxygen atoms in total. The summed E-state index contributed by atoms with van der Waals surface area (Å²) in [6, 6.07) is 8.48. The lowest BCUT2D eigenvalue weighted by Crippen LogP contribution is -2.47. The van der Waals surface area contributed by atoms with Crippen LogP contribution in [0.5, 0.6) is 0 Å². The van der Waals surface area contributed by atoms with Gasteiger partial charge in [-0.15, -0.1) is 0 Å². The lowest BCUT2D eigenvalue weighted by Gasteiger charge is -2.42. The van der Waals surface area contributed by atoms with Gasteiger partial charge in [-0.05, 0) is 65.0 Å². The quantitative estimate of drug-likeness (QED) is 0.491. The highest BCUT2D eigenvalue weighted by atomic mass is 32.2. The second kappa shape index (κ2) is 11.2. The molecule has 0 aromatic heterocycles. The molecular weight excluding hydrogens is 468 g/mol. The van der Waals surface area contributed by atoms with Crippen molar-refractivity contribution >= 4 is 9.84 Å². The minimum absolute atomic E-state index is 0.0278. The summed E-state index contributed by atoms with van der Waals surface area (Å²) in [4.78, 5) is 0.266. The van der Waals surface area contributed by atoms with Crippen molar-refractivity contribution in [2.45, 2.75) is 108 Å². The first-order valence-electron chi connectivity index (χ1n) is 12.8. The van der Waals surface area contributed by atoms with Crippen LogP contribution in [0.15, 0.2) is 35.2 Å². The summed E-state index contributed by atoms with van der Waals surface area (Å²) in [5.41, 5.74) is 0. The predicted molar refractivity (Wildman–Crippen MR) is 135 cm³/mol. The van der Waals surface area contributed by atoms with Crippen molar-refractivity contribution < 1.29 is 32.5 Å². The molecule has 2 fully saturated rings. The zero-order chi connectivity index (χ0) is 26.0. The van der Waals surface area contributed by atoms with Crippen molar-refractivity contribution in [3.63, 3.8) is 0 Å². The third-order valence-corrected chi connectivity index (χ3v) is 9.72. The average molecular weight is 513 g/mol. The first-order valence-corrected chi connectivity index (χ1v) is 14.4. The molecule has 2 aliphatic heterocycles. The molecule has 1 aromatic carbocycles. The molecule has 2 unspecified atom stereocenters. The number of aliphatic hydroxyl groups excluding tert-OH is 1. The van der Waals surface area contributed by atoms with Crippen LogP contribution >= 0.6 is 0 Å². The molecule has 0 radical (unpaired) electrons. The van der Waals surface area contributed by atoms with Crippen LogP contribution in [0.2, 0.25) is 0 Å². The second-order valence-electron chi connectivity index (χ2n) is 11.3. The average Bonchev–Trinajstić information content (AvgIpc) is 3.17. The zero-order valence-corrected chi connectivity index (χ0v) is 23.1. The van der Waals surface area contributed by atoms with Gasteiger partial charge in [0.1, 0.15) is 0 Å². The van der Waals surface area contributed by atoms with E-state index in [-0.39, 0.29) is 41.3 Å². The number of sulfone groups is 1. The van der Waals surface area contributed by atoms with Crippen LogP contribution in [0.3, 0.4) is 0 Å². The minimum Gasteiger partial charge on any atom is -0.393 e. The van der Waals surface area contributed by atoms with Gasteiger partial charge in [0.2, 0.25) is 0 Å². The van der Waals surface area contributed by atoms with E-state index in [1.54, 1.807) is 30.3 Å². The number of rotatable bonds is 10. The van der Waals surface area contributed by atoms with E-state index in [2.05, 4.69) is 13.8 Å². The minimum atomic E-state index is -3.69. The van der Waals surface area contributed by atoms with Crippen LogP contribution in [0.4, 0.5) is 0 Å². The summed E-state index contributed by atoms with van der Waals surface area (Å²) < 4.78 is 51.0. The lowest BCUT2D eigenvalue weighted by atomic mass is 9.87. The highest BCUT2D eigenvalue weighted by Gasteiger charge is 2.44. The van der Waals surface area contributed by atoms with E-state index in [9.17, 15) is 13.5 Å². The van der Waals surface area contributed by atoms with E-state index >= 15 is 0 Å². The van der Waals surface area contributed by atoms with Crippen molar-refractivity contribution in [2.75, 3.05) is 13.2 Å². The molecule has 2 aliphatic rings. The Balaban J connectivity index is 1.71. The smallest absolute Gasteiger partial charge is 0.181 e. The van der Waals surface area contributed by atoms with Gasteiger partial charge >= 0.3 is 0 Å². The largest absolute Gasteiger partial charge is 0.393 e. The van der Waals surface area contributed by atoms with E-state index in [1.165, 1.54) is 0 Å². The SMILES string of the molecule is C[C@@H]1COC(C)(C)O[C@@H]1[C@@H](C)CCC(O)CC([C@@H](C)[C@@H]1COC(C)(C)O1)S(=O)(=O)c1ccccc1. The predicted octanol–water partition coefficient (Wildman–Crippen LogP) is 4.57. The summed E-state index contributed by atoms with van der Waals surface area (Å²) in [7, 11) is -3.69. The Bertz CT molecular complexity index is 915. The molecule has 2 saturated heterocycles.